The minimum atomic E-state index is -4.36. The number of halogens is 2. The Bertz CT molecular complexity index is 1540. The van der Waals surface area contributed by atoms with Gasteiger partial charge in [-0.3, -0.25) is 24.0 Å². The lowest BCUT2D eigenvalue weighted by Crippen LogP contribution is -2.52. The SMILES string of the molecule is CCC(C(=O)NCC(C)C)N(Cc1ccc(Cl)c(Cl)c1)C(=O)CN(c1cccc([N+](=O)[O-])c1)S(=O)(=O)c1ccccc1. The molecule has 0 saturated heterocycles. The highest BCUT2D eigenvalue weighted by molar-refractivity contribution is 7.92. The smallest absolute Gasteiger partial charge is 0.271 e. The Labute approximate surface area is 255 Å². The summed E-state index contributed by atoms with van der Waals surface area (Å²) in [5, 5.41) is 14.9. The maximum absolute atomic E-state index is 14.1. The van der Waals surface area contributed by atoms with Crippen molar-refractivity contribution in [3.05, 3.63) is 98.5 Å². The van der Waals surface area contributed by atoms with Crippen molar-refractivity contribution in [1.29, 1.82) is 0 Å². The molecule has 3 aromatic carbocycles. The molecule has 1 N–H and O–H groups in total. The van der Waals surface area contributed by atoms with Crippen LogP contribution in [0.2, 0.25) is 10.0 Å². The molecule has 3 rings (SSSR count). The maximum atomic E-state index is 14.1. The summed E-state index contributed by atoms with van der Waals surface area (Å²) in [5.74, 6) is -0.933. The first-order valence-electron chi connectivity index (χ1n) is 13.2. The lowest BCUT2D eigenvalue weighted by molar-refractivity contribution is -0.384. The van der Waals surface area contributed by atoms with E-state index in [0.29, 0.717) is 17.1 Å². The number of nitrogens with zero attached hydrogens (tertiary/aromatic N) is 3. The molecule has 13 heteroatoms. The van der Waals surface area contributed by atoms with Crippen LogP contribution < -0.4 is 9.62 Å². The van der Waals surface area contributed by atoms with E-state index in [1.165, 1.54) is 47.4 Å². The van der Waals surface area contributed by atoms with Crippen LogP contribution in [0.5, 0.6) is 0 Å². The number of amides is 2. The third-order valence-corrected chi connectivity index (χ3v) is 8.87. The zero-order chi connectivity index (χ0) is 31.0. The van der Waals surface area contributed by atoms with E-state index in [9.17, 15) is 28.1 Å². The van der Waals surface area contributed by atoms with Gasteiger partial charge in [-0.25, -0.2) is 8.42 Å². The molecule has 0 aromatic heterocycles. The summed E-state index contributed by atoms with van der Waals surface area (Å²) in [6.07, 6.45) is 0.235. The van der Waals surface area contributed by atoms with Gasteiger partial charge in [0.15, 0.2) is 0 Å². The van der Waals surface area contributed by atoms with E-state index in [4.69, 9.17) is 23.2 Å². The molecule has 0 radical (unpaired) electrons. The Morgan fingerprint density at radius 3 is 2.26 bits per heavy atom. The van der Waals surface area contributed by atoms with Gasteiger partial charge < -0.3 is 10.2 Å². The number of carbonyl (C=O) groups excluding carboxylic acids is 2. The number of carbonyl (C=O) groups is 2. The second-order valence-corrected chi connectivity index (χ2v) is 12.6. The highest BCUT2D eigenvalue weighted by Gasteiger charge is 2.34. The zero-order valence-electron chi connectivity index (χ0n) is 23.4. The number of rotatable bonds is 13. The van der Waals surface area contributed by atoms with Gasteiger partial charge in [-0.15, -0.1) is 0 Å². The third kappa shape index (κ3) is 8.21. The number of nitro groups is 1. The number of hydrogen-bond donors (Lipinski definition) is 1. The average Bonchev–Trinajstić information content (AvgIpc) is 2.96. The van der Waals surface area contributed by atoms with E-state index in [1.54, 1.807) is 31.2 Å². The first-order chi connectivity index (χ1) is 19.8. The molecule has 42 heavy (non-hydrogen) atoms. The Morgan fingerprint density at radius 1 is 0.976 bits per heavy atom. The van der Waals surface area contributed by atoms with E-state index >= 15 is 0 Å². The molecular weight excluding hydrogens is 603 g/mol. The van der Waals surface area contributed by atoms with Gasteiger partial charge in [0.1, 0.15) is 12.6 Å². The first kappa shape index (κ1) is 32.8. The van der Waals surface area contributed by atoms with Crippen LogP contribution in [0.3, 0.4) is 0 Å². The lowest BCUT2D eigenvalue weighted by atomic mass is 10.1. The molecule has 0 aliphatic carbocycles. The average molecular weight is 636 g/mol. The molecule has 1 atom stereocenters. The number of nitrogens with one attached hydrogen (secondary N) is 1. The summed E-state index contributed by atoms with van der Waals surface area (Å²) in [4.78, 5) is 39.4. The van der Waals surface area contributed by atoms with Crippen LogP contribution in [0.15, 0.2) is 77.7 Å². The van der Waals surface area contributed by atoms with E-state index < -0.39 is 39.3 Å². The number of anilines is 1. The van der Waals surface area contributed by atoms with E-state index in [0.717, 1.165) is 10.4 Å². The van der Waals surface area contributed by atoms with Gasteiger partial charge in [-0.2, -0.15) is 0 Å². The molecule has 0 aliphatic heterocycles. The number of benzene rings is 3. The Hall–Kier alpha value is -3.67. The van der Waals surface area contributed by atoms with E-state index in [2.05, 4.69) is 5.32 Å². The minimum absolute atomic E-state index is 0.0719. The molecule has 224 valence electrons. The topological polar surface area (TPSA) is 130 Å². The van der Waals surface area contributed by atoms with Crippen molar-refractivity contribution < 1.29 is 22.9 Å². The van der Waals surface area contributed by atoms with Crippen LogP contribution in [0.25, 0.3) is 0 Å². The molecule has 0 fully saturated rings. The monoisotopic (exact) mass is 634 g/mol. The molecule has 3 aromatic rings. The van der Waals surface area contributed by atoms with Crippen molar-refractivity contribution in [3.8, 4) is 0 Å². The number of non-ortho nitro benzene ring substituents is 1. The molecule has 2 amide bonds. The Kier molecular flexibility index (Phi) is 11.3. The van der Waals surface area contributed by atoms with Crippen molar-refractivity contribution in [3.63, 3.8) is 0 Å². The first-order valence-corrected chi connectivity index (χ1v) is 15.4. The van der Waals surface area contributed by atoms with Crippen molar-refractivity contribution >= 4 is 56.4 Å². The van der Waals surface area contributed by atoms with Crippen LogP contribution in [0.4, 0.5) is 11.4 Å². The predicted molar refractivity (Wildman–Crippen MR) is 163 cm³/mol. The lowest BCUT2D eigenvalue weighted by Gasteiger charge is -2.33. The fourth-order valence-electron chi connectivity index (χ4n) is 4.19. The second kappa shape index (κ2) is 14.5. The van der Waals surface area contributed by atoms with Gasteiger partial charge in [0, 0.05) is 25.2 Å². The highest BCUT2D eigenvalue weighted by atomic mass is 35.5. The van der Waals surface area contributed by atoms with E-state index in [-0.39, 0.29) is 40.2 Å². The van der Waals surface area contributed by atoms with E-state index in [1.807, 2.05) is 13.8 Å². The van der Waals surface area contributed by atoms with Gasteiger partial charge in [0.25, 0.3) is 15.7 Å². The quantitative estimate of drug-likeness (QED) is 0.190. The molecule has 0 bridgehead atoms. The van der Waals surface area contributed by atoms with Crippen LogP contribution in [-0.2, 0) is 26.2 Å². The molecular formula is C29H32Cl2N4O6S. The predicted octanol–water partition coefficient (Wildman–Crippen LogP) is 5.68. The van der Waals surface area contributed by atoms with Gasteiger partial charge >= 0.3 is 0 Å². The summed E-state index contributed by atoms with van der Waals surface area (Å²) >= 11 is 12.3. The number of hydrogen-bond acceptors (Lipinski definition) is 6. The second-order valence-electron chi connectivity index (χ2n) is 9.93. The fraction of sp³-hybridized carbons (Fsp3) is 0.310. The Morgan fingerprint density at radius 2 is 1.67 bits per heavy atom. The summed E-state index contributed by atoms with van der Waals surface area (Å²) in [6, 6.07) is 16.3. The fourth-order valence-corrected chi connectivity index (χ4v) is 5.93. The minimum Gasteiger partial charge on any atom is -0.354 e. The van der Waals surface area contributed by atoms with Crippen LogP contribution in [0.1, 0.15) is 32.8 Å². The molecule has 0 heterocycles. The van der Waals surface area contributed by atoms with Crippen molar-refractivity contribution in [1.82, 2.24) is 10.2 Å². The Balaban J connectivity index is 2.09. The highest BCUT2D eigenvalue weighted by Crippen LogP contribution is 2.28. The molecule has 0 saturated carbocycles. The molecule has 10 nitrogen and oxygen atoms in total. The summed E-state index contributed by atoms with van der Waals surface area (Å²) in [6.45, 7) is 5.20. The van der Waals surface area contributed by atoms with Crippen molar-refractivity contribution in [2.45, 2.75) is 44.7 Å². The van der Waals surface area contributed by atoms with Crippen LogP contribution in [0, 0.1) is 16.0 Å². The standard InChI is InChI=1S/C29H32Cl2N4O6S/c1-4-27(29(37)32-17-20(2)3)33(18-21-13-14-25(30)26(31)15-21)28(36)19-34(22-9-8-10-23(16-22)35(38)39)42(40,41)24-11-6-5-7-12-24/h5-16,20,27H,4,17-19H2,1-3H3,(H,32,37). The number of sulfonamides is 1. The van der Waals surface area contributed by atoms with Crippen LogP contribution in [-0.4, -0.2) is 49.2 Å². The van der Waals surface area contributed by atoms with Crippen LogP contribution >= 0.6 is 23.2 Å². The summed E-state index contributed by atoms with van der Waals surface area (Å²) in [7, 11) is -4.36. The van der Waals surface area contributed by atoms with Gasteiger partial charge in [-0.05, 0) is 48.2 Å². The largest absolute Gasteiger partial charge is 0.354 e. The normalized spacial score (nSPS) is 12.0. The van der Waals surface area contributed by atoms with Gasteiger partial charge in [0.05, 0.1) is 25.6 Å². The molecule has 1 unspecified atom stereocenters. The van der Waals surface area contributed by atoms with Gasteiger partial charge in [-0.1, -0.05) is 74.3 Å². The van der Waals surface area contributed by atoms with Gasteiger partial charge in [0.2, 0.25) is 11.8 Å². The summed E-state index contributed by atoms with van der Waals surface area (Å²) < 4.78 is 28.5. The van der Waals surface area contributed by atoms with Crippen molar-refractivity contribution in [2.24, 2.45) is 5.92 Å². The maximum Gasteiger partial charge on any atom is 0.271 e. The third-order valence-electron chi connectivity index (χ3n) is 6.35. The van der Waals surface area contributed by atoms with Crippen molar-refractivity contribution in [2.75, 3.05) is 17.4 Å². The zero-order valence-corrected chi connectivity index (χ0v) is 25.7. The molecule has 0 aliphatic rings. The number of nitro benzene ring substituents is 1. The summed E-state index contributed by atoms with van der Waals surface area (Å²) in [5.41, 5.74) is 0.147. The molecule has 0 spiro atoms.